The molecule has 1 rings (SSSR count). The van der Waals surface area contributed by atoms with Gasteiger partial charge in [-0.2, -0.15) is 11.3 Å². The summed E-state index contributed by atoms with van der Waals surface area (Å²) in [5.41, 5.74) is -0.984. The molecule has 2 N–H and O–H groups in total. The Labute approximate surface area is 94.1 Å². The zero-order chi connectivity index (χ0) is 11.7. The number of hydrogen-bond donors (Lipinski definition) is 2. The maximum atomic E-state index is 11.8. The van der Waals surface area contributed by atoms with Gasteiger partial charge in [0.2, 0.25) is 0 Å². The number of amides is 1. The van der Waals surface area contributed by atoms with Crippen molar-refractivity contribution in [2.75, 3.05) is 0 Å². The molecule has 0 saturated carbocycles. The Hall–Kier alpha value is -0.870. The van der Waals surface area contributed by atoms with Crippen LogP contribution in [0, 0.1) is 0 Å². The summed E-state index contributed by atoms with van der Waals surface area (Å²) in [6.45, 7) is 6.97. The molecule has 3 nitrogen and oxygen atoms in total. The second kappa shape index (κ2) is 3.94. The van der Waals surface area contributed by atoms with Gasteiger partial charge in [-0.25, -0.2) is 0 Å². The van der Waals surface area contributed by atoms with Crippen LogP contribution in [0.25, 0.3) is 0 Å². The maximum Gasteiger partial charge on any atom is 0.252 e. The van der Waals surface area contributed by atoms with Crippen LogP contribution in [0.5, 0.6) is 0 Å². The van der Waals surface area contributed by atoms with E-state index in [1.165, 1.54) is 11.3 Å². The van der Waals surface area contributed by atoms with Crippen molar-refractivity contribution in [3.05, 3.63) is 22.4 Å². The highest BCUT2D eigenvalue weighted by Gasteiger charge is 2.36. The first-order chi connectivity index (χ1) is 6.74. The zero-order valence-electron chi connectivity index (χ0n) is 9.50. The Bertz CT molecular complexity index is 336. The predicted molar refractivity (Wildman–Crippen MR) is 62.2 cm³/mol. The monoisotopic (exact) mass is 227 g/mol. The van der Waals surface area contributed by atoms with Gasteiger partial charge in [-0.15, -0.1) is 0 Å². The van der Waals surface area contributed by atoms with Crippen molar-refractivity contribution in [1.82, 2.24) is 5.32 Å². The molecule has 0 atom stereocenters. The van der Waals surface area contributed by atoms with Gasteiger partial charge < -0.3 is 10.4 Å². The van der Waals surface area contributed by atoms with E-state index in [0.29, 0.717) is 5.56 Å². The van der Waals surface area contributed by atoms with Gasteiger partial charge >= 0.3 is 0 Å². The Morgan fingerprint density at radius 3 is 2.40 bits per heavy atom. The molecular formula is C11H17NO2S. The van der Waals surface area contributed by atoms with Crippen molar-refractivity contribution in [3.63, 3.8) is 0 Å². The molecule has 1 amide bonds. The Balaban J connectivity index is 2.75. The highest BCUT2D eigenvalue weighted by atomic mass is 32.1. The molecule has 1 aromatic rings. The second-order valence-corrected chi connectivity index (χ2v) is 5.43. The van der Waals surface area contributed by atoms with E-state index in [1.54, 1.807) is 39.1 Å². The van der Waals surface area contributed by atoms with E-state index < -0.39 is 11.1 Å². The first-order valence-corrected chi connectivity index (χ1v) is 5.75. The molecule has 0 saturated heterocycles. The van der Waals surface area contributed by atoms with Gasteiger partial charge in [-0.1, -0.05) is 0 Å². The third-order valence-corrected chi connectivity index (χ3v) is 3.42. The SMILES string of the molecule is CC(C)(O)C(C)(C)NC(=O)c1ccsc1. The number of aliphatic hydroxyl groups is 1. The van der Waals surface area contributed by atoms with E-state index in [-0.39, 0.29) is 5.91 Å². The number of carbonyl (C=O) groups is 1. The molecule has 0 unspecified atom stereocenters. The molecular weight excluding hydrogens is 210 g/mol. The Morgan fingerprint density at radius 2 is 2.00 bits per heavy atom. The molecule has 1 aromatic heterocycles. The third-order valence-electron chi connectivity index (χ3n) is 2.74. The van der Waals surface area contributed by atoms with Crippen molar-refractivity contribution >= 4 is 17.2 Å². The number of carbonyl (C=O) groups excluding carboxylic acids is 1. The van der Waals surface area contributed by atoms with Gasteiger partial charge in [0.25, 0.3) is 5.91 Å². The molecule has 4 heteroatoms. The largest absolute Gasteiger partial charge is 0.388 e. The number of thiophene rings is 1. The van der Waals surface area contributed by atoms with Gasteiger partial charge in [0.05, 0.1) is 16.7 Å². The summed E-state index contributed by atoms with van der Waals surface area (Å²) in [7, 11) is 0. The number of hydrogen-bond acceptors (Lipinski definition) is 3. The minimum Gasteiger partial charge on any atom is -0.388 e. The summed E-state index contributed by atoms with van der Waals surface area (Å²) in [5, 5.41) is 16.3. The van der Waals surface area contributed by atoms with Crippen LogP contribution in [-0.4, -0.2) is 22.2 Å². The Kier molecular flexibility index (Phi) is 3.21. The molecule has 0 fully saturated rings. The quantitative estimate of drug-likeness (QED) is 0.830. The maximum absolute atomic E-state index is 11.8. The van der Waals surface area contributed by atoms with Crippen LogP contribution in [0.3, 0.4) is 0 Å². The van der Waals surface area contributed by atoms with Gasteiger partial charge in [0.1, 0.15) is 0 Å². The van der Waals surface area contributed by atoms with Crippen LogP contribution in [0.1, 0.15) is 38.1 Å². The fourth-order valence-electron chi connectivity index (χ4n) is 0.903. The van der Waals surface area contributed by atoms with Gasteiger partial charge in [0.15, 0.2) is 0 Å². The van der Waals surface area contributed by atoms with Gasteiger partial charge in [0, 0.05) is 5.38 Å². The van der Waals surface area contributed by atoms with E-state index in [0.717, 1.165) is 0 Å². The lowest BCUT2D eigenvalue weighted by atomic mass is 9.86. The van der Waals surface area contributed by atoms with Crippen molar-refractivity contribution in [2.24, 2.45) is 0 Å². The molecule has 15 heavy (non-hydrogen) atoms. The fourth-order valence-corrected chi connectivity index (χ4v) is 1.54. The molecule has 0 bridgehead atoms. The van der Waals surface area contributed by atoms with Crippen molar-refractivity contribution < 1.29 is 9.90 Å². The standard InChI is InChI=1S/C11H17NO2S/c1-10(2,11(3,4)14)12-9(13)8-5-6-15-7-8/h5-7,14H,1-4H3,(H,12,13). The zero-order valence-corrected chi connectivity index (χ0v) is 10.3. The minimum absolute atomic E-state index is 0.150. The average Bonchev–Trinajstić information content (AvgIpc) is 2.51. The summed E-state index contributed by atoms with van der Waals surface area (Å²) >= 11 is 1.48. The molecule has 0 aliphatic heterocycles. The normalized spacial score (nSPS) is 12.6. The van der Waals surface area contributed by atoms with E-state index in [1.807, 2.05) is 5.38 Å². The molecule has 0 aromatic carbocycles. The molecule has 0 aliphatic rings. The number of nitrogens with one attached hydrogen (secondary N) is 1. The van der Waals surface area contributed by atoms with Crippen LogP contribution in [0.15, 0.2) is 16.8 Å². The molecule has 84 valence electrons. The lowest BCUT2D eigenvalue weighted by Gasteiger charge is -2.37. The van der Waals surface area contributed by atoms with E-state index in [9.17, 15) is 9.90 Å². The van der Waals surface area contributed by atoms with Crippen molar-refractivity contribution in [2.45, 2.75) is 38.8 Å². The van der Waals surface area contributed by atoms with Crippen LogP contribution in [-0.2, 0) is 0 Å². The lowest BCUT2D eigenvalue weighted by molar-refractivity contribution is -0.00291. The number of rotatable bonds is 3. The molecule has 0 aliphatic carbocycles. The summed E-state index contributed by atoms with van der Waals surface area (Å²) in [6.07, 6.45) is 0. The molecule has 0 spiro atoms. The fraction of sp³-hybridized carbons (Fsp3) is 0.545. The highest BCUT2D eigenvalue weighted by molar-refractivity contribution is 7.08. The minimum atomic E-state index is -0.960. The van der Waals surface area contributed by atoms with Crippen molar-refractivity contribution in [1.29, 1.82) is 0 Å². The van der Waals surface area contributed by atoms with Crippen molar-refractivity contribution in [3.8, 4) is 0 Å². The topological polar surface area (TPSA) is 49.3 Å². The molecule has 1 heterocycles. The smallest absolute Gasteiger partial charge is 0.252 e. The summed E-state index contributed by atoms with van der Waals surface area (Å²) in [5.74, 6) is -0.150. The summed E-state index contributed by atoms with van der Waals surface area (Å²) < 4.78 is 0. The third kappa shape index (κ3) is 2.79. The van der Waals surface area contributed by atoms with E-state index in [2.05, 4.69) is 5.32 Å². The lowest BCUT2D eigenvalue weighted by Crippen LogP contribution is -2.57. The van der Waals surface area contributed by atoms with E-state index >= 15 is 0 Å². The van der Waals surface area contributed by atoms with Crippen LogP contribution in [0.4, 0.5) is 0 Å². The first kappa shape index (κ1) is 12.2. The summed E-state index contributed by atoms with van der Waals surface area (Å²) in [6, 6.07) is 1.76. The summed E-state index contributed by atoms with van der Waals surface area (Å²) in [4.78, 5) is 11.8. The highest BCUT2D eigenvalue weighted by Crippen LogP contribution is 2.21. The second-order valence-electron chi connectivity index (χ2n) is 4.65. The predicted octanol–water partition coefficient (Wildman–Crippen LogP) is 2.03. The Morgan fingerprint density at radius 1 is 1.40 bits per heavy atom. The first-order valence-electron chi connectivity index (χ1n) is 4.81. The van der Waals surface area contributed by atoms with Crippen LogP contribution >= 0.6 is 11.3 Å². The van der Waals surface area contributed by atoms with Gasteiger partial charge in [-0.3, -0.25) is 4.79 Å². The van der Waals surface area contributed by atoms with Gasteiger partial charge in [-0.05, 0) is 39.1 Å². The van der Waals surface area contributed by atoms with E-state index in [4.69, 9.17) is 0 Å². The average molecular weight is 227 g/mol. The van der Waals surface area contributed by atoms with Crippen LogP contribution in [0.2, 0.25) is 0 Å². The van der Waals surface area contributed by atoms with Crippen LogP contribution < -0.4 is 5.32 Å². The molecule has 0 radical (unpaired) electrons.